The molecule has 6 heteroatoms. The first-order chi connectivity index (χ1) is 11.5. The third-order valence-electron chi connectivity index (χ3n) is 3.54. The van der Waals surface area contributed by atoms with Crippen LogP contribution in [0.3, 0.4) is 0 Å². The predicted octanol–water partition coefficient (Wildman–Crippen LogP) is 4.86. The molecule has 2 aromatic carbocycles. The minimum absolute atomic E-state index is 0.302. The highest BCUT2D eigenvalue weighted by atomic mass is 35.5. The molecule has 0 amide bonds. The highest BCUT2D eigenvalue weighted by molar-refractivity contribution is 6.30. The summed E-state index contributed by atoms with van der Waals surface area (Å²) in [5.74, 6) is 1.43. The molecule has 0 aliphatic heterocycles. The minimum atomic E-state index is 0.302. The maximum absolute atomic E-state index is 6.15. The molecule has 0 unspecified atom stereocenters. The summed E-state index contributed by atoms with van der Waals surface area (Å²) >= 11 is 6.05. The second-order valence-corrected chi connectivity index (χ2v) is 5.88. The van der Waals surface area contributed by atoms with Crippen molar-refractivity contribution >= 4 is 28.8 Å². The summed E-state index contributed by atoms with van der Waals surface area (Å²) in [6.45, 7) is 3.98. The Morgan fingerprint density at radius 1 is 1.04 bits per heavy atom. The van der Waals surface area contributed by atoms with Crippen molar-refractivity contribution in [3.63, 3.8) is 0 Å². The topological polar surface area (TPSA) is 73.1 Å². The van der Waals surface area contributed by atoms with Crippen LogP contribution in [0.25, 0.3) is 0 Å². The van der Waals surface area contributed by atoms with E-state index in [2.05, 4.69) is 15.3 Å². The summed E-state index contributed by atoms with van der Waals surface area (Å²) < 4.78 is 5.75. The largest absolute Gasteiger partial charge is 0.437 e. The van der Waals surface area contributed by atoms with Gasteiger partial charge in [-0.05, 0) is 43.7 Å². The van der Waals surface area contributed by atoms with Crippen LogP contribution in [-0.4, -0.2) is 9.97 Å². The van der Waals surface area contributed by atoms with Crippen LogP contribution in [0.2, 0.25) is 5.02 Å². The fourth-order valence-electron chi connectivity index (χ4n) is 2.13. The van der Waals surface area contributed by atoms with Crippen LogP contribution in [0.15, 0.2) is 48.8 Å². The standard InChI is InChI=1S/C18H17ClN4O/c1-11-3-7-14(8-4-11)24-18-16(20)17(21-10-22-18)23-15-9-13(19)6-5-12(15)2/h3-10H,20H2,1-2H3,(H,21,22,23). The van der Waals surface area contributed by atoms with Gasteiger partial charge < -0.3 is 15.8 Å². The Labute approximate surface area is 145 Å². The number of benzene rings is 2. The summed E-state index contributed by atoms with van der Waals surface area (Å²) in [6, 6.07) is 13.2. The van der Waals surface area contributed by atoms with E-state index in [1.807, 2.05) is 56.3 Å². The molecule has 3 N–H and O–H groups in total. The first-order valence-electron chi connectivity index (χ1n) is 7.41. The molecule has 1 aromatic heterocycles. The molecule has 0 fully saturated rings. The van der Waals surface area contributed by atoms with Crippen molar-refractivity contribution in [2.24, 2.45) is 0 Å². The van der Waals surface area contributed by atoms with Crippen molar-refractivity contribution in [3.8, 4) is 11.6 Å². The molecule has 0 saturated heterocycles. The maximum atomic E-state index is 6.15. The zero-order valence-electron chi connectivity index (χ0n) is 13.4. The van der Waals surface area contributed by atoms with Gasteiger partial charge >= 0.3 is 0 Å². The van der Waals surface area contributed by atoms with Crippen LogP contribution in [0.4, 0.5) is 17.2 Å². The Morgan fingerprint density at radius 2 is 1.79 bits per heavy atom. The lowest BCUT2D eigenvalue weighted by molar-refractivity contribution is 0.464. The number of nitrogen functional groups attached to an aromatic ring is 1. The second-order valence-electron chi connectivity index (χ2n) is 5.44. The summed E-state index contributed by atoms with van der Waals surface area (Å²) in [6.07, 6.45) is 1.40. The molecule has 0 radical (unpaired) electrons. The molecule has 0 spiro atoms. The molecule has 3 aromatic rings. The van der Waals surface area contributed by atoms with Gasteiger partial charge in [-0.1, -0.05) is 35.4 Å². The van der Waals surface area contributed by atoms with Gasteiger partial charge in [0, 0.05) is 10.7 Å². The fourth-order valence-corrected chi connectivity index (χ4v) is 2.31. The lowest BCUT2D eigenvalue weighted by Gasteiger charge is -2.13. The molecule has 0 saturated carbocycles. The number of rotatable bonds is 4. The van der Waals surface area contributed by atoms with E-state index in [1.165, 1.54) is 6.33 Å². The summed E-state index contributed by atoms with van der Waals surface area (Å²) in [5, 5.41) is 3.81. The molecule has 122 valence electrons. The number of hydrogen-bond acceptors (Lipinski definition) is 5. The molecular formula is C18H17ClN4O. The van der Waals surface area contributed by atoms with Crippen LogP contribution in [0, 0.1) is 13.8 Å². The molecule has 24 heavy (non-hydrogen) atoms. The number of nitrogens with zero attached hydrogens (tertiary/aromatic N) is 2. The van der Waals surface area contributed by atoms with E-state index in [9.17, 15) is 0 Å². The van der Waals surface area contributed by atoms with Gasteiger partial charge in [0.25, 0.3) is 0 Å². The first kappa shape index (κ1) is 16.1. The van der Waals surface area contributed by atoms with Gasteiger partial charge in [0.2, 0.25) is 5.88 Å². The fraction of sp³-hybridized carbons (Fsp3) is 0.111. The summed E-state index contributed by atoms with van der Waals surface area (Å²) in [4.78, 5) is 8.30. The van der Waals surface area contributed by atoms with E-state index in [1.54, 1.807) is 0 Å². The first-order valence-corrected chi connectivity index (χ1v) is 7.79. The van der Waals surface area contributed by atoms with Crippen molar-refractivity contribution in [1.82, 2.24) is 9.97 Å². The molecule has 3 rings (SSSR count). The number of ether oxygens (including phenoxy) is 1. The number of aryl methyl sites for hydroxylation is 2. The van der Waals surface area contributed by atoms with E-state index < -0.39 is 0 Å². The number of halogens is 1. The maximum Gasteiger partial charge on any atom is 0.248 e. The number of nitrogens with one attached hydrogen (secondary N) is 1. The van der Waals surface area contributed by atoms with Crippen LogP contribution in [-0.2, 0) is 0 Å². The van der Waals surface area contributed by atoms with E-state index in [4.69, 9.17) is 22.1 Å². The number of anilines is 3. The predicted molar refractivity (Wildman–Crippen MR) is 97.2 cm³/mol. The van der Waals surface area contributed by atoms with Crippen LogP contribution >= 0.6 is 11.6 Å². The van der Waals surface area contributed by atoms with Crippen molar-refractivity contribution in [1.29, 1.82) is 0 Å². The van der Waals surface area contributed by atoms with Gasteiger partial charge in [-0.25, -0.2) is 4.98 Å². The van der Waals surface area contributed by atoms with Crippen LogP contribution < -0.4 is 15.8 Å². The van der Waals surface area contributed by atoms with Gasteiger partial charge in [0.05, 0.1) is 0 Å². The SMILES string of the molecule is Cc1ccc(Oc2ncnc(Nc3cc(Cl)ccc3C)c2N)cc1. The Balaban J connectivity index is 1.88. The lowest BCUT2D eigenvalue weighted by Crippen LogP contribution is -2.04. The van der Waals surface area contributed by atoms with Crippen molar-refractivity contribution in [2.75, 3.05) is 11.1 Å². The Bertz CT molecular complexity index is 865. The smallest absolute Gasteiger partial charge is 0.248 e. The van der Waals surface area contributed by atoms with E-state index in [0.29, 0.717) is 28.2 Å². The zero-order valence-corrected chi connectivity index (χ0v) is 14.1. The van der Waals surface area contributed by atoms with Crippen molar-refractivity contribution in [3.05, 3.63) is 64.9 Å². The van der Waals surface area contributed by atoms with Gasteiger partial charge in [-0.2, -0.15) is 4.98 Å². The molecule has 0 atom stereocenters. The molecule has 0 bridgehead atoms. The minimum Gasteiger partial charge on any atom is -0.437 e. The average molecular weight is 341 g/mol. The third-order valence-corrected chi connectivity index (χ3v) is 3.77. The summed E-state index contributed by atoms with van der Waals surface area (Å²) in [5.41, 5.74) is 9.49. The number of hydrogen-bond donors (Lipinski definition) is 2. The Hall–Kier alpha value is -2.79. The van der Waals surface area contributed by atoms with E-state index in [-0.39, 0.29) is 0 Å². The number of aromatic nitrogens is 2. The van der Waals surface area contributed by atoms with Crippen molar-refractivity contribution < 1.29 is 4.74 Å². The summed E-state index contributed by atoms with van der Waals surface area (Å²) in [7, 11) is 0. The van der Waals surface area contributed by atoms with Gasteiger partial charge in [-0.15, -0.1) is 0 Å². The third kappa shape index (κ3) is 3.58. The molecule has 5 nitrogen and oxygen atoms in total. The molecule has 1 heterocycles. The van der Waals surface area contributed by atoms with Gasteiger partial charge in [-0.3, -0.25) is 0 Å². The number of nitrogens with two attached hydrogens (primary N) is 1. The Morgan fingerprint density at radius 3 is 2.54 bits per heavy atom. The quantitative estimate of drug-likeness (QED) is 0.709. The normalized spacial score (nSPS) is 10.5. The average Bonchev–Trinajstić information content (AvgIpc) is 2.56. The van der Waals surface area contributed by atoms with Crippen molar-refractivity contribution in [2.45, 2.75) is 13.8 Å². The van der Waals surface area contributed by atoms with E-state index in [0.717, 1.165) is 16.8 Å². The van der Waals surface area contributed by atoms with E-state index >= 15 is 0 Å². The molecule has 0 aliphatic rings. The zero-order chi connectivity index (χ0) is 17.1. The molecular weight excluding hydrogens is 324 g/mol. The lowest BCUT2D eigenvalue weighted by atomic mass is 10.2. The highest BCUT2D eigenvalue weighted by Crippen LogP contribution is 2.32. The monoisotopic (exact) mass is 340 g/mol. The van der Waals surface area contributed by atoms with Gasteiger partial charge in [0.15, 0.2) is 5.82 Å². The van der Waals surface area contributed by atoms with Gasteiger partial charge in [0.1, 0.15) is 17.8 Å². The van der Waals surface area contributed by atoms with Crippen LogP contribution in [0.5, 0.6) is 11.6 Å². The second kappa shape index (κ2) is 6.76. The highest BCUT2D eigenvalue weighted by Gasteiger charge is 2.11. The Kier molecular flexibility index (Phi) is 4.53. The van der Waals surface area contributed by atoms with Crippen LogP contribution in [0.1, 0.15) is 11.1 Å². The molecule has 0 aliphatic carbocycles.